The predicted molar refractivity (Wildman–Crippen MR) is 126 cm³/mol. The number of ether oxygens (including phenoxy) is 2. The molecular weight excluding hydrogens is 449 g/mol. The first kappa shape index (κ1) is 23.2. The first-order valence-corrected chi connectivity index (χ1v) is 11.7. The maximum atomic E-state index is 14.4. The SMILES string of the molecule is COc1ccc(Cn2nnnc2[C@@H](c2cccc(F)c2)N(Cc2ccco2)C[C@@H]2CCCO2)cc1. The molecule has 0 radical (unpaired) electrons. The van der Waals surface area contributed by atoms with Gasteiger partial charge in [0, 0.05) is 13.2 Å². The van der Waals surface area contributed by atoms with E-state index in [9.17, 15) is 4.39 Å². The third-order valence-corrected chi connectivity index (χ3v) is 6.23. The van der Waals surface area contributed by atoms with E-state index in [4.69, 9.17) is 13.9 Å². The predicted octanol–water partition coefficient (Wildman–Crippen LogP) is 4.23. The van der Waals surface area contributed by atoms with Gasteiger partial charge in [0.2, 0.25) is 0 Å². The first-order valence-electron chi connectivity index (χ1n) is 11.7. The highest BCUT2D eigenvalue weighted by atomic mass is 19.1. The van der Waals surface area contributed by atoms with E-state index < -0.39 is 6.04 Å². The molecule has 1 saturated heterocycles. The Hall–Kier alpha value is -3.56. The summed E-state index contributed by atoms with van der Waals surface area (Å²) in [6.45, 7) is 2.35. The monoisotopic (exact) mass is 477 g/mol. The average Bonchev–Trinajstić information content (AvgIpc) is 3.65. The average molecular weight is 478 g/mol. The number of halogens is 1. The van der Waals surface area contributed by atoms with E-state index in [1.165, 1.54) is 6.07 Å². The van der Waals surface area contributed by atoms with Gasteiger partial charge in [0.05, 0.1) is 38.6 Å². The van der Waals surface area contributed by atoms with Crippen LogP contribution in [0, 0.1) is 5.82 Å². The highest BCUT2D eigenvalue weighted by Gasteiger charge is 2.32. The lowest BCUT2D eigenvalue weighted by Crippen LogP contribution is -2.37. The number of nitrogens with zero attached hydrogens (tertiary/aromatic N) is 5. The highest BCUT2D eigenvalue weighted by molar-refractivity contribution is 5.29. The Morgan fingerprint density at radius 3 is 2.77 bits per heavy atom. The van der Waals surface area contributed by atoms with Crippen molar-refractivity contribution >= 4 is 0 Å². The van der Waals surface area contributed by atoms with Gasteiger partial charge in [0.25, 0.3) is 0 Å². The summed E-state index contributed by atoms with van der Waals surface area (Å²) in [5.74, 6) is 1.90. The second-order valence-electron chi connectivity index (χ2n) is 8.64. The molecular formula is C26H28FN5O3. The Morgan fingerprint density at radius 1 is 1.17 bits per heavy atom. The van der Waals surface area contributed by atoms with Crippen molar-refractivity contribution in [1.82, 2.24) is 25.1 Å². The van der Waals surface area contributed by atoms with Gasteiger partial charge >= 0.3 is 0 Å². The van der Waals surface area contributed by atoms with Crippen LogP contribution in [0.25, 0.3) is 0 Å². The zero-order valence-electron chi connectivity index (χ0n) is 19.6. The van der Waals surface area contributed by atoms with Gasteiger partial charge in [-0.25, -0.2) is 9.07 Å². The summed E-state index contributed by atoms with van der Waals surface area (Å²) < 4.78 is 33.1. The molecule has 3 heterocycles. The molecule has 2 aromatic carbocycles. The minimum absolute atomic E-state index is 0.0759. The quantitative estimate of drug-likeness (QED) is 0.338. The summed E-state index contributed by atoms with van der Waals surface area (Å²) >= 11 is 0. The van der Waals surface area contributed by atoms with Crippen LogP contribution in [0.5, 0.6) is 5.75 Å². The molecule has 0 amide bonds. The molecule has 0 saturated carbocycles. The van der Waals surface area contributed by atoms with Gasteiger partial charge in [0.15, 0.2) is 5.82 Å². The van der Waals surface area contributed by atoms with Gasteiger partial charge in [-0.1, -0.05) is 24.3 Å². The topological polar surface area (TPSA) is 78.4 Å². The molecule has 1 aliphatic rings. The Kier molecular flexibility index (Phi) is 7.15. The van der Waals surface area contributed by atoms with Crippen LogP contribution in [0.4, 0.5) is 4.39 Å². The van der Waals surface area contributed by atoms with E-state index in [0.29, 0.717) is 25.5 Å². The van der Waals surface area contributed by atoms with Crippen molar-refractivity contribution in [3.63, 3.8) is 0 Å². The summed E-state index contributed by atoms with van der Waals surface area (Å²) in [4.78, 5) is 2.21. The number of methoxy groups -OCH3 is 1. The van der Waals surface area contributed by atoms with Gasteiger partial charge in [-0.2, -0.15) is 0 Å². The van der Waals surface area contributed by atoms with Crippen molar-refractivity contribution in [2.45, 2.75) is 38.1 Å². The third-order valence-electron chi connectivity index (χ3n) is 6.23. The fraction of sp³-hybridized carbons (Fsp3) is 0.346. The standard InChI is InChI=1S/C26H28FN5O3/c1-33-22-11-9-19(10-12-22)16-32-26(28-29-30-32)25(20-5-2-6-21(27)15-20)31(17-23-7-3-13-34-23)18-24-8-4-14-35-24/h2-3,5-7,9-13,15,24-25H,4,8,14,16-18H2,1H3/t24-,25+/m0/s1. The van der Waals surface area contributed by atoms with E-state index in [1.807, 2.05) is 42.5 Å². The number of benzene rings is 2. The zero-order chi connectivity index (χ0) is 24.0. The number of hydrogen-bond donors (Lipinski definition) is 0. The summed E-state index contributed by atoms with van der Waals surface area (Å²) in [6, 6.07) is 17.8. The minimum Gasteiger partial charge on any atom is -0.497 e. The molecule has 2 aromatic heterocycles. The maximum absolute atomic E-state index is 14.4. The molecule has 8 nitrogen and oxygen atoms in total. The van der Waals surface area contributed by atoms with Gasteiger partial charge in [-0.15, -0.1) is 5.10 Å². The molecule has 0 bridgehead atoms. The summed E-state index contributed by atoms with van der Waals surface area (Å²) in [7, 11) is 1.64. The largest absolute Gasteiger partial charge is 0.497 e. The zero-order valence-corrected chi connectivity index (χ0v) is 19.6. The number of rotatable bonds is 10. The fourth-order valence-electron chi connectivity index (χ4n) is 4.54. The van der Waals surface area contributed by atoms with Crippen molar-refractivity contribution in [2.24, 2.45) is 0 Å². The van der Waals surface area contributed by atoms with Crippen LogP contribution in [-0.4, -0.2) is 51.5 Å². The van der Waals surface area contributed by atoms with E-state index in [0.717, 1.165) is 42.1 Å². The van der Waals surface area contributed by atoms with Crippen molar-refractivity contribution in [3.8, 4) is 5.75 Å². The Morgan fingerprint density at radius 2 is 2.06 bits per heavy atom. The van der Waals surface area contributed by atoms with Gasteiger partial charge < -0.3 is 13.9 Å². The minimum atomic E-state index is -0.409. The maximum Gasteiger partial charge on any atom is 0.173 e. The molecule has 0 aliphatic carbocycles. The molecule has 5 rings (SSSR count). The van der Waals surface area contributed by atoms with Crippen LogP contribution in [0.15, 0.2) is 71.3 Å². The van der Waals surface area contributed by atoms with Crippen molar-refractivity contribution in [1.29, 1.82) is 0 Å². The van der Waals surface area contributed by atoms with Crippen LogP contribution in [-0.2, 0) is 17.8 Å². The van der Waals surface area contributed by atoms with Crippen molar-refractivity contribution in [3.05, 3.63) is 95.5 Å². The van der Waals surface area contributed by atoms with E-state index in [2.05, 4.69) is 20.4 Å². The van der Waals surface area contributed by atoms with E-state index >= 15 is 0 Å². The molecule has 0 N–H and O–H groups in total. The lowest BCUT2D eigenvalue weighted by molar-refractivity contribution is 0.0547. The molecule has 182 valence electrons. The van der Waals surface area contributed by atoms with Gasteiger partial charge in [0.1, 0.15) is 17.3 Å². The Labute approximate surface area is 203 Å². The smallest absolute Gasteiger partial charge is 0.173 e. The molecule has 4 aromatic rings. The molecule has 0 unspecified atom stereocenters. The number of furan rings is 1. The number of aromatic nitrogens is 4. The molecule has 1 aliphatic heterocycles. The van der Waals surface area contributed by atoms with Crippen molar-refractivity contribution in [2.75, 3.05) is 20.3 Å². The van der Waals surface area contributed by atoms with Crippen LogP contribution in [0.1, 0.15) is 41.6 Å². The third kappa shape index (κ3) is 5.58. The normalized spacial score (nSPS) is 16.6. The molecule has 0 spiro atoms. The van der Waals surface area contributed by atoms with Crippen LogP contribution >= 0.6 is 0 Å². The van der Waals surface area contributed by atoms with Gasteiger partial charge in [-0.05, 0) is 70.8 Å². The highest BCUT2D eigenvalue weighted by Crippen LogP contribution is 2.31. The molecule has 35 heavy (non-hydrogen) atoms. The second kappa shape index (κ2) is 10.8. The van der Waals surface area contributed by atoms with E-state index in [-0.39, 0.29) is 11.9 Å². The first-order chi connectivity index (χ1) is 17.2. The van der Waals surface area contributed by atoms with Gasteiger partial charge in [-0.3, -0.25) is 4.90 Å². The fourth-order valence-corrected chi connectivity index (χ4v) is 4.54. The lowest BCUT2D eigenvalue weighted by Gasteiger charge is -2.32. The molecule has 1 fully saturated rings. The molecule has 2 atom stereocenters. The summed E-state index contributed by atoms with van der Waals surface area (Å²) in [6.07, 6.45) is 3.73. The summed E-state index contributed by atoms with van der Waals surface area (Å²) in [5, 5.41) is 12.7. The van der Waals surface area contributed by atoms with Crippen LogP contribution in [0.2, 0.25) is 0 Å². The Bertz CT molecular complexity index is 1210. The van der Waals surface area contributed by atoms with Crippen LogP contribution in [0.3, 0.4) is 0 Å². The molecule has 9 heteroatoms. The second-order valence-corrected chi connectivity index (χ2v) is 8.64. The van der Waals surface area contributed by atoms with E-state index in [1.54, 1.807) is 30.2 Å². The lowest BCUT2D eigenvalue weighted by atomic mass is 10.0. The van der Waals surface area contributed by atoms with Crippen molar-refractivity contribution < 1.29 is 18.3 Å². The summed E-state index contributed by atoms with van der Waals surface area (Å²) in [5.41, 5.74) is 1.79. The number of tetrazole rings is 1. The van der Waals surface area contributed by atoms with Crippen LogP contribution < -0.4 is 4.74 Å². The Balaban J connectivity index is 1.53. The number of hydrogen-bond acceptors (Lipinski definition) is 7.